The van der Waals surface area contributed by atoms with Gasteiger partial charge in [0.25, 0.3) is 0 Å². The van der Waals surface area contributed by atoms with Crippen LogP contribution in [0.1, 0.15) is 12.5 Å². The van der Waals surface area contributed by atoms with E-state index in [4.69, 9.17) is 17.0 Å². The van der Waals surface area contributed by atoms with E-state index < -0.39 is 0 Å². The summed E-state index contributed by atoms with van der Waals surface area (Å²) in [6, 6.07) is 15.5. The number of rotatable bonds is 3. The predicted molar refractivity (Wildman–Crippen MR) is 84.3 cm³/mol. The third kappa shape index (κ3) is 2.20. The van der Waals surface area contributed by atoms with E-state index in [9.17, 15) is 5.26 Å². The molecule has 1 N–H and O–H groups in total. The molecule has 104 valence electrons. The standard InChI is InChI=1S/C16H13N3OS/c1-2-20-14-9-4-3-7-12(14)19-13-8-5-6-11(10-17)15(13)18-16(19)21/h3-9H,2H2,1H3,(H,18,21). The molecule has 1 heterocycles. The number of nitrogens with one attached hydrogen (secondary N) is 1. The van der Waals surface area contributed by atoms with Gasteiger partial charge in [0.15, 0.2) is 4.77 Å². The predicted octanol–water partition coefficient (Wildman–Crippen LogP) is 3.96. The van der Waals surface area contributed by atoms with Crippen LogP contribution in [0.2, 0.25) is 0 Å². The smallest absolute Gasteiger partial charge is 0.182 e. The number of ether oxygens (including phenoxy) is 1. The number of nitrogens with zero attached hydrogens (tertiary/aromatic N) is 2. The van der Waals surface area contributed by atoms with E-state index in [1.165, 1.54) is 0 Å². The number of aromatic nitrogens is 2. The second-order valence-electron chi connectivity index (χ2n) is 4.48. The second kappa shape index (κ2) is 5.43. The Morgan fingerprint density at radius 1 is 1.24 bits per heavy atom. The van der Waals surface area contributed by atoms with Crippen LogP contribution < -0.4 is 4.74 Å². The Hall–Kier alpha value is -2.58. The van der Waals surface area contributed by atoms with E-state index >= 15 is 0 Å². The lowest BCUT2D eigenvalue weighted by Crippen LogP contribution is -2.00. The Balaban J connectivity index is 2.34. The molecular weight excluding hydrogens is 282 g/mol. The normalized spacial score (nSPS) is 10.5. The number of H-pyrrole nitrogens is 1. The highest BCUT2D eigenvalue weighted by Gasteiger charge is 2.12. The Morgan fingerprint density at radius 3 is 2.81 bits per heavy atom. The Labute approximate surface area is 127 Å². The van der Waals surface area contributed by atoms with E-state index in [2.05, 4.69) is 11.1 Å². The first kappa shape index (κ1) is 13.4. The number of aromatic amines is 1. The quantitative estimate of drug-likeness (QED) is 0.744. The van der Waals surface area contributed by atoms with Crippen molar-refractivity contribution < 1.29 is 4.74 Å². The van der Waals surface area contributed by atoms with Gasteiger partial charge in [0.05, 0.1) is 28.9 Å². The molecule has 0 aliphatic carbocycles. The fraction of sp³-hybridized carbons (Fsp3) is 0.125. The summed E-state index contributed by atoms with van der Waals surface area (Å²) in [7, 11) is 0. The summed E-state index contributed by atoms with van der Waals surface area (Å²) >= 11 is 5.43. The first-order chi connectivity index (χ1) is 10.3. The van der Waals surface area contributed by atoms with Crippen LogP contribution in [0, 0.1) is 16.1 Å². The molecule has 1 aromatic heterocycles. The van der Waals surface area contributed by atoms with Gasteiger partial charge in [-0.15, -0.1) is 0 Å². The molecule has 0 bridgehead atoms. The number of para-hydroxylation sites is 3. The van der Waals surface area contributed by atoms with Gasteiger partial charge in [0.1, 0.15) is 11.8 Å². The fourth-order valence-electron chi connectivity index (χ4n) is 2.38. The lowest BCUT2D eigenvalue weighted by molar-refractivity contribution is 0.339. The minimum absolute atomic E-state index is 0.542. The van der Waals surface area contributed by atoms with E-state index in [1.54, 1.807) is 6.07 Å². The Bertz CT molecular complexity index is 902. The Morgan fingerprint density at radius 2 is 2.05 bits per heavy atom. The zero-order valence-electron chi connectivity index (χ0n) is 11.5. The summed E-state index contributed by atoms with van der Waals surface area (Å²) in [6.45, 7) is 2.52. The largest absolute Gasteiger partial charge is 0.492 e. The molecule has 3 aromatic rings. The van der Waals surface area contributed by atoms with Gasteiger partial charge in [-0.2, -0.15) is 5.26 Å². The average molecular weight is 295 g/mol. The van der Waals surface area contributed by atoms with Crippen molar-refractivity contribution in [1.82, 2.24) is 9.55 Å². The first-order valence-electron chi connectivity index (χ1n) is 6.62. The van der Waals surface area contributed by atoms with Crippen LogP contribution in [0.15, 0.2) is 42.5 Å². The summed E-state index contributed by atoms with van der Waals surface area (Å²) in [4.78, 5) is 3.11. The second-order valence-corrected chi connectivity index (χ2v) is 4.86. The van der Waals surface area contributed by atoms with Crippen molar-refractivity contribution in [2.45, 2.75) is 6.92 Å². The SMILES string of the molecule is CCOc1ccccc1-n1c(=S)[nH]c2c(C#N)cccc21. The van der Waals surface area contributed by atoms with Crippen molar-refractivity contribution in [2.75, 3.05) is 6.61 Å². The molecule has 0 atom stereocenters. The zero-order valence-corrected chi connectivity index (χ0v) is 12.3. The third-order valence-electron chi connectivity index (χ3n) is 3.24. The fourth-order valence-corrected chi connectivity index (χ4v) is 2.68. The summed E-state index contributed by atoms with van der Waals surface area (Å²) in [5, 5.41) is 9.21. The van der Waals surface area contributed by atoms with Crippen LogP contribution in [0.3, 0.4) is 0 Å². The van der Waals surface area contributed by atoms with Crippen molar-refractivity contribution in [3.63, 3.8) is 0 Å². The monoisotopic (exact) mass is 295 g/mol. The van der Waals surface area contributed by atoms with Gasteiger partial charge >= 0.3 is 0 Å². The number of hydrogen-bond donors (Lipinski definition) is 1. The number of benzene rings is 2. The van der Waals surface area contributed by atoms with E-state index in [1.807, 2.05) is 47.9 Å². The molecule has 21 heavy (non-hydrogen) atoms. The van der Waals surface area contributed by atoms with E-state index in [0.717, 1.165) is 22.5 Å². The molecule has 5 heteroatoms. The molecule has 0 spiro atoms. The van der Waals surface area contributed by atoms with Crippen molar-refractivity contribution in [3.05, 3.63) is 52.8 Å². The van der Waals surface area contributed by atoms with Gasteiger partial charge in [-0.1, -0.05) is 18.2 Å². The molecule has 3 rings (SSSR count). The molecule has 0 amide bonds. The molecule has 0 unspecified atom stereocenters. The van der Waals surface area contributed by atoms with E-state index in [0.29, 0.717) is 16.9 Å². The van der Waals surface area contributed by atoms with Gasteiger partial charge in [-0.3, -0.25) is 4.57 Å². The first-order valence-corrected chi connectivity index (χ1v) is 7.03. The topological polar surface area (TPSA) is 53.7 Å². The van der Waals surface area contributed by atoms with Crippen LogP contribution in [-0.4, -0.2) is 16.2 Å². The van der Waals surface area contributed by atoms with Crippen LogP contribution in [-0.2, 0) is 0 Å². The van der Waals surface area contributed by atoms with Crippen LogP contribution in [0.4, 0.5) is 0 Å². The Kier molecular flexibility index (Phi) is 3.46. The van der Waals surface area contributed by atoms with Crippen molar-refractivity contribution in [2.24, 2.45) is 0 Å². The third-order valence-corrected chi connectivity index (χ3v) is 3.53. The van der Waals surface area contributed by atoms with Crippen LogP contribution in [0.5, 0.6) is 5.75 Å². The van der Waals surface area contributed by atoms with E-state index in [-0.39, 0.29) is 0 Å². The molecule has 0 saturated heterocycles. The number of fused-ring (bicyclic) bond motifs is 1. The highest BCUT2D eigenvalue weighted by atomic mass is 32.1. The van der Waals surface area contributed by atoms with Crippen molar-refractivity contribution in [1.29, 1.82) is 5.26 Å². The molecule has 0 radical (unpaired) electrons. The molecule has 2 aromatic carbocycles. The van der Waals surface area contributed by atoms with Crippen LogP contribution in [0.25, 0.3) is 16.7 Å². The van der Waals surface area contributed by atoms with Crippen LogP contribution >= 0.6 is 12.2 Å². The molecule has 0 saturated carbocycles. The number of imidazole rings is 1. The van der Waals surface area contributed by atoms with Crippen molar-refractivity contribution >= 4 is 23.3 Å². The minimum Gasteiger partial charge on any atom is -0.492 e. The van der Waals surface area contributed by atoms with Gasteiger partial charge in [-0.05, 0) is 43.4 Å². The van der Waals surface area contributed by atoms with Gasteiger partial charge in [-0.25, -0.2) is 0 Å². The maximum absolute atomic E-state index is 9.21. The van der Waals surface area contributed by atoms with Gasteiger partial charge in [0, 0.05) is 0 Å². The summed E-state index contributed by atoms with van der Waals surface area (Å²) < 4.78 is 8.12. The molecular formula is C16H13N3OS. The van der Waals surface area contributed by atoms with Gasteiger partial charge in [0.2, 0.25) is 0 Å². The van der Waals surface area contributed by atoms with Gasteiger partial charge < -0.3 is 9.72 Å². The van der Waals surface area contributed by atoms with Crippen molar-refractivity contribution in [3.8, 4) is 17.5 Å². The number of nitriles is 1. The maximum atomic E-state index is 9.21. The molecule has 4 nitrogen and oxygen atoms in total. The lowest BCUT2D eigenvalue weighted by Gasteiger charge is -2.11. The highest BCUT2D eigenvalue weighted by molar-refractivity contribution is 7.71. The molecule has 0 aliphatic heterocycles. The molecule has 0 aliphatic rings. The summed E-state index contributed by atoms with van der Waals surface area (Å²) in [6.07, 6.45) is 0. The summed E-state index contributed by atoms with van der Waals surface area (Å²) in [5.74, 6) is 0.763. The lowest BCUT2D eigenvalue weighted by atomic mass is 10.2. The minimum atomic E-state index is 0.542. The maximum Gasteiger partial charge on any atom is 0.182 e. The zero-order chi connectivity index (χ0) is 14.8. The average Bonchev–Trinajstić information content (AvgIpc) is 2.84. The molecule has 0 fully saturated rings. The number of hydrogen-bond acceptors (Lipinski definition) is 3. The highest BCUT2D eigenvalue weighted by Crippen LogP contribution is 2.28. The summed E-state index contributed by atoms with van der Waals surface area (Å²) in [5.41, 5.74) is 3.06.